The fourth-order valence-corrected chi connectivity index (χ4v) is 2.29. The molecule has 0 spiro atoms. The second kappa shape index (κ2) is 9.16. The van der Waals surface area contributed by atoms with Crippen LogP contribution in [0.1, 0.15) is 11.1 Å². The van der Waals surface area contributed by atoms with Crippen LogP contribution >= 0.6 is 0 Å². The molecule has 1 N–H and O–H groups in total. The third-order valence-corrected chi connectivity index (χ3v) is 3.75. The predicted molar refractivity (Wildman–Crippen MR) is 94.7 cm³/mol. The van der Waals surface area contributed by atoms with E-state index in [4.69, 9.17) is 4.74 Å². The molecule has 0 unspecified atom stereocenters. The molecule has 0 atom stereocenters. The number of nitrogens with zero attached hydrogens (tertiary/aromatic N) is 1. The van der Waals surface area contributed by atoms with Crippen molar-refractivity contribution in [2.45, 2.75) is 19.8 Å². The Bertz CT molecular complexity index is 766. The first-order valence-electron chi connectivity index (χ1n) is 8.27. The van der Waals surface area contributed by atoms with E-state index in [1.54, 1.807) is 13.1 Å². The van der Waals surface area contributed by atoms with Crippen molar-refractivity contribution in [2.75, 3.05) is 20.2 Å². The molecule has 8 heteroatoms. The van der Waals surface area contributed by atoms with Crippen LogP contribution in [0.25, 0.3) is 0 Å². The van der Waals surface area contributed by atoms with Crippen LogP contribution in [0.5, 0.6) is 11.5 Å². The number of benzene rings is 2. The Morgan fingerprint density at radius 1 is 1.07 bits per heavy atom. The number of rotatable bonds is 7. The first-order chi connectivity index (χ1) is 12.8. The highest BCUT2D eigenvalue weighted by Crippen LogP contribution is 2.26. The van der Waals surface area contributed by atoms with Gasteiger partial charge in [-0.15, -0.1) is 13.2 Å². The molecule has 2 rings (SSSR count). The van der Waals surface area contributed by atoms with E-state index in [0.29, 0.717) is 13.2 Å². The molecule has 0 fully saturated rings. The summed E-state index contributed by atoms with van der Waals surface area (Å²) in [6.07, 6.45) is -4.79. The Kier molecular flexibility index (Phi) is 6.92. The third-order valence-electron chi connectivity index (χ3n) is 3.75. The molecule has 0 aliphatic heterocycles. The maximum Gasteiger partial charge on any atom is 0.573 e. The van der Waals surface area contributed by atoms with Gasteiger partial charge < -0.3 is 19.7 Å². The van der Waals surface area contributed by atoms with E-state index >= 15 is 0 Å². The van der Waals surface area contributed by atoms with E-state index in [2.05, 4.69) is 10.1 Å². The van der Waals surface area contributed by atoms with E-state index in [1.807, 2.05) is 31.2 Å². The number of aryl methyl sites for hydroxylation is 1. The van der Waals surface area contributed by atoms with Gasteiger partial charge in [-0.25, -0.2) is 4.79 Å². The fraction of sp³-hybridized carbons (Fsp3) is 0.316. The van der Waals surface area contributed by atoms with Crippen LogP contribution in [0.4, 0.5) is 18.0 Å². The number of carbonyl (C=O) groups is 1. The maximum absolute atomic E-state index is 12.4. The zero-order valence-electron chi connectivity index (χ0n) is 15.0. The monoisotopic (exact) mass is 382 g/mol. The fourth-order valence-electron chi connectivity index (χ4n) is 2.29. The number of ether oxygens (including phenoxy) is 2. The minimum Gasteiger partial charge on any atom is -0.491 e. The quantitative estimate of drug-likeness (QED) is 0.784. The van der Waals surface area contributed by atoms with Crippen molar-refractivity contribution in [3.63, 3.8) is 0 Å². The molecule has 0 aliphatic carbocycles. The van der Waals surface area contributed by atoms with Gasteiger partial charge in [0.2, 0.25) is 0 Å². The second-order valence-corrected chi connectivity index (χ2v) is 5.85. The molecule has 0 heterocycles. The first kappa shape index (κ1) is 20.4. The smallest absolute Gasteiger partial charge is 0.491 e. The summed E-state index contributed by atoms with van der Waals surface area (Å²) in [5.41, 5.74) is 1.22. The van der Waals surface area contributed by atoms with Crippen LogP contribution in [-0.4, -0.2) is 37.5 Å². The highest BCUT2D eigenvalue weighted by molar-refractivity contribution is 5.73. The highest BCUT2D eigenvalue weighted by atomic mass is 19.4. The summed E-state index contributed by atoms with van der Waals surface area (Å²) in [4.78, 5) is 13.5. The number of nitrogens with one attached hydrogen (secondary N) is 1. The minimum atomic E-state index is -4.79. The molecule has 0 bridgehead atoms. The van der Waals surface area contributed by atoms with Gasteiger partial charge in [0, 0.05) is 19.2 Å². The lowest BCUT2D eigenvalue weighted by molar-refractivity contribution is -0.274. The van der Waals surface area contributed by atoms with Crippen LogP contribution in [0.3, 0.4) is 0 Å². The number of para-hydroxylation sites is 2. The van der Waals surface area contributed by atoms with Gasteiger partial charge in [0.25, 0.3) is 0 Å². The molecule has 0 saturated heterocycles. The van der Waals surface area contributed by atoms with Crippen molar-refractivity contribution in [1.82, 2.24) is 10.2 Å². The summed E-state index contributed by atoms with van der Waals surface area (Å²) < 4.78 is 46.9. The third kappa shape index (κ3) is 6.73. The normalized spacial score (nSPS) is 11.0. The summed E-state index contributed by atoms with van der Waals surface area (Å²) in [5, 5.41) is 2.57. The summed E-state index contributed by atoms with van der Waals surface area (Å²) in [7, 11) is 1.58. The number of urea groups is 1. The molecule has 0 radical (unpaired) electrons. The number of likely N-dealkylation sites (N-methyl/N-ethyl adjacent to an activating group) is 1. The summed E-state index contributed by atoms with van der Waals surface area (Å²) in [6, 6.07) is 12.8. The van der Waals surface area contributed by atoms with Crippen molar-refractivity contribution in [3.8, 4) is 11.5 Å². The highest BCUT2D eigenvalue weighted by Gasteiger charge is 2.32. The van der Waals surface area contributed by atoms with Gasteiger partial charge in [0.05, 0.1) is 6.54 Å². The van der Waals surface area contributed by atoms with Gasteiger partial charge in [0.1, 0.15) is 18.1 Å². The van der Waals surface area contributed by atoms with E-state index < -0.39 is 12.4 Å². The number of hydrogen-bond donors (Lipinski definition) is 1. The van der Waals surface area contributed by atoms with E-state index in [-0.39, 0.29) is 17.9 Å². The predicted octanol–water partition coefficient (Wildman–Crippen LogP) is 4.11. The summed E-state index contributed by atoms with van der Waals surface area (Å²) in [5.74, 6) is 0.403. The molecule has 5 nitrogen and oxygen atoms in total. The lowest BCUT2D eigenvalue weighted by atomic mass is 10.2. The first-order valence-corrected chi connectivity index (χ1v) is 8.27. The van der Waals surface area contributed by atoms with Crippen LogP contribution in [0.15, 0.2) is 48.5 Å². The Hall–Kier alpha value is -2.90. The number of halogens is 3. The maximum atomic E-state index is 12.4. The molecule has 0 saturated carbocycles. The van der Waals surface area contributed by atoms with Crippen molar-refractivity contribution in [3.05, 3.63) is 59.7 Å². The van der Waals surface area contributed by atoms with Crippen LogP contribution in [-0.2, 0) is 6.54 Å². The molecular weight excluding hydrogens is 361 g/mol. The molecule has 0 aromatic heterocycles. The zero-order valence-corrected chi connectivity index (χ0v) is 15.0. The Balaban J connectivity index is 1.82. The van der Waals surface area contributed by atoms with Crippen molar-refractivity contribution in [2.24, 2.45) is 0 Å². The van der Waals surface area contributed by atoms with E-state index in [1.165, 1.54) is 23.1 Å². The SMILES string of the molecule is Cc1ccccc1OCCN(C)C(=O)NCc1ccccc1OC(F)(F)F. The van der Waals surface area contributed by atoms with Crippen LogP contribution in [0, 0.1) is 6.92 Å². The zero-order chi connectivity index (χ0) is 19.9. The van der Waals surface area contributed by atoms with Gasteiger partial charge >= 0.3 is 12.4 Å². The largest absolute Gasteiger partial charge is 0.573 e. The molecule has 2 aromatic rings. The standard InChI is InChI=1S/C19H21F3N2O3/c1-14-7-3-5-9-16(14)26-12-11-24(2)18(25)23-13-15-8-4-6-10-17(15)27-19(20,21)22/h3-10H,11-13H2,1-2H3,(H,23,25). The van der Waals surface area contributed by atoms with Gasteiger partial charge in [0.15, 0.2) is 0 Å². The lowest BCUT2D eigenvalue weighted by Gasteiger charge is -2.19. The lowest BCUT2D eigenvalue weighted by Crippen LogP contribution is -2.39. The number of amides is 2. The number of carbonyl (C=O) groups excluding carboxylic acids is 1. The Morgan fingerprint density at radius 2 is 1.70 bits per heavy atom. The van der Waals surface area contributed by atoms with Gasteiger partial charge in [-0.3, -0.25) is 0 Å². The molecule has 146 valence electrons. The Labute approximate surface area is 155 Å². The van der Waals surface area contributed by atoms with Crippen LogP contribution in [0.2, 0.25) is 0 Å². The molecule has 27 heavy (non-hydrogen) atoms. The molecule has 2 amide bonds. The van der Waals surface area contributed by atoms with Crippen molar-refractivity contribution >= 4 is 6.03 Å². The van der Waals surface area contributed by atoms with Gasteiger partial charge in [-0.05, 0) is 24.6 Å². The van der Waals surface area contributed by atoms with E-state index in [0.717, 1.165) is 11.3 Å². The Morgan fingerprint density at radius 3 is 2.37 bits per heavy atom. The minimum absolute atomic E-state index is 0.0892. The summed E-state index contributed by atoms with van der Waals surface area (Å²) >= 11 is 0. The second-order valence-electron chi connectivity index (χ2n) is 5.85. The average Bonchev–Trinajstić information content (AvgIpc) is 2.61. The van der Waals surface area contributed by atoms with E-state index in [9.17, 15) is 18.0 Å². The number of hydrogen-bond acceptors (Lipinski definition) is 3. The molecular formula is C19H21F3N2O3. The average molecular weight is 382 g/mol. The topological polar surface area (TPSA) is 50.8 Å². The van der Waals surface area contributed by atoms with Crippen LogP contribution < -0.4 is 14.8 Å². The number of alkyl halides is 3. The molecule has 0 aliphatic rings. The van der Waals surface area contributed by atoms with Gasteiger partial charge in [-0.1, -0.05) is 36.4 Å². The molecule has 2 aromatic carbocycles. The van der Waals surface area contributed by atoms with Gasteiger partial charge in [-0.2, -0.15) is 0 Å². The summed E-state index contributed by atoms with van der Waals surface area (Å²) in [6.45, 7) is 2.45. The van der Waals surface area contributed by atoms with Crippen molar-refractivity contribution in [1.29, 1.82) is 0 Å². The van der Waals surface area contributed by atoms with Crippen molar-refractivity contribution < 1.29 is 27.4 Å².